The third-order valence-electron chi connectivity index (χ3n) is 4.29. The van der Waals surface area contributed by atoms with Gasteiger partial charge in [0.05, 0.1) is 18.9 Å². The molecule has 0 aliphatic carbocycles. The second-order valence-corrected chi connectivity index (χ2v) is 6.00. The normalized spacial score (nSPS) is 32.2. The van der Waals surface area contributed by atoms with Gasteiger partial charge in [0, 0.05) is 0 Å². The largest absolute Gasteiger partial charge is 0.476 e. The number of nitrogen functional groups attached to an aromatic ring is 1. The lowest BCUT2D eigenvalue weighted by molar-refractivity contribution is -0.190. The van der Waals surface area contributed by atoms with Gasteiger partial charge in [-0.1, -0.05) is 6.08 Å². The third-order valence-corrected chi connectivity index (χ3v) is 4.29. The van der Waals surface area contributed by atoms with Crippen molar-refractivity contribution in [2.24, 2.45) is 5.92 Å². The quantitative estimate of drug-likeness (QED) is 0.665. The molecule has 136 valence electrons. The number of hydrogen-bond donors (Lipinski definition) is 3. The van der Waals surface area contributed by atoms with Crippen LogP contribution >= 0.6 is 0 Å². The van der Waals surface area contributed by atoms with Crippen LogP contribution in [0.3, 0.4) is 0 Å². The van der Waals surface area contributed by atoms with E-state index in [0.717, 1.165) is 0 Å². The summed E-state index contributed by atoms with van der Waals surface area (Å²) in [6, 6.07) is 0. The predicted octanol–water partition coefficient (Wildman–Crippen LogP) is 0.547. The summed E-state index contributed by atoms with van der Waals surface area (Å²) in [6.45, 7) is 6.10. The van der Waals surface area contributed by atoms with Crippen LogP contribution in [-0.2, 0) is 4.74 Å². The molecule has 1 saturated heterocycles. The van der Waals surface area contributed by atoms with E-state index in [-0.39, 0.29) is 17.5 Å². The number of imidazole rings is 1. The van der Waals surface area contributed by atoms with Crippen molar-refractivity contribution in [2.75, 3.05) is 18.9 Å². The first-order chi connectivity index (χ1) is 11.8. The highest BCUT2D eigenvalue weighted by Crippen LogP contribution is 2.50. The molecule has 0 unspecified atom stereocenters. The van der Waals surface area contributed by atoms with Gasteiger partial charge >= 0.3 is 0 Å². The van der Waals surface area contributed by atoms with Crippen molar-refractivity contribution in [3.8, 4) is 5.88 Å². The van der Waals surface area contributed by atoms with E-state index in [9.17, 15) is 14.6 Å². The van der Waals surface area contributed by atoms with Crippen LogP contribution in [0.2, 0.25) is 0 Å². The summed E-state index contributed by atoms with van der Waals surface area (Å²) >= 11 is 0. The molecule has 3 heterocycles. The second-order valence-electron chi connectivity index (χ2n) is 6.00. The topological polar surface area (TPSA) is 129 Å². The maximum atomic E-state index is 14.9. The predicted molar refractivity (Wildman–Crippen MR) is 86.3 cm³/mol. The lowest BCUT2D eigenvalue weighted by atomic mass is 9.85. The molecular formula is C15H20FN5O4. The second kappa shape index (κ2) is 5.90. The third kappa shape index (κ3) is 2.53. The Morgan fingerprint density at radius 1 is 1.56 bits per heavy atom. The van der Waals surface area contributed by atoms with Crippen LogP contribution in [0.1, 0.15) is 20.1 Å². The Morgan fingerprint density at radius 3 is 2.84 bits per heavy atom. The maximum Gasteiger partial charge on any atom is 0.247 e. The average Bonchev–Trinajstić information content (AvgIpc) is 3.04. The van der Waals surface area contributed by atoms with E-state index in [0.29, 0.717) is 12.1 Å². The smallest absolute Gasteiger partial charge is 0.247 e. The van der Waals surface area contributed by atoms with Crippen molar-refractivity contribution in [1.29, 1.82) is 0 Å². The van der Waals surface area contributed by atoms with Crippen molar-refractivity contribution in [3.63, 3.8) is 0 Å². The van der Waals surface area contributed by atoms with Gasteiger partial charge in [0.2, 0.25) is 17.7 Å². The summed E-state index contributed by atoms with van der Waals surface area (Å²) < 4.78 is 27.0. The van der Waals surface area contributed by atoms with Gasteiger partial charge in [0.1, 0.15) is 12.2 Å². The molecule has 0 saturated carbocycles. The Kier molecular flexibility index (Phi) is 4.13. The summed E-state index contributed by atoms with van der Waals surface area (Å²) in [5.41, 5.74) is 4.49. The number of nitrogens with two attached hydrogens (primary N) is 1. The summed E-state index contributed by atoms with van der Waals surface area (Å²) in [4.78, 5) is 12.2. The lowest BCUT2D eigenvalue weighted by Gasteiger charge is -2.28. The molecule has 3 rings (SSSR count). The standard InChI is InChI=1S/C15H20FN5O4/c1-4-8-14(3,23)12(25-15(8,16)6-22)21-7-18-9-10(21)19-13(17)20-11(9)24-5-2/h4,7-8,12,22-23H,1,5-6H2,2-3H3,(H2,17,19,20)/t8-,12+,14+,15+/m0/s1. The molecule has 25 heavy (non-hydrogen) atoms. The van der Waals surface area contributed by atoms with Crippen molar-refractivity contribution >= 4 is 17.1 Å². The number of nitrogens with zero attached hydrogens (tertiary/aromatic N) is 4. The zero-order chi connectivity index (χ0) is 18.4. The van der Waals surface area contributed by atoms with Crippen molar-refractivity contribution < 1.29 is 24.1 Å². The molecule has 0 spiro atoms. The molecule has 1 fully saturated rings. The van der Waals surface area contributed by atoms with E-state index in [1.165, 1.54) is 23.9 Å². The molecule has 0 amide bonds. The Bertz CT molecular complexity index is 811. The van der Waals surface area contributed by atoms with E-state index in [1.54, 1.807) is 6.92 Å². The van der Waals surface area contributed by atoms with Gasteiger partial charge in [0.25, 0.3) is 0 Å². The number of aliphatic hydroxyl groups is 2. The zero-order valence-corrected chi connectivity index (χ0v) is 13.9. The minimum absolute atomic E-state index is 0.0655. The number of anilines is 1. The minimum atomic E-state index is -2.49. The maximum absolute atomic E-state index is 14.9. The summed E-state index contributed by atoms with van der Waals surface area (Å²) in [5, 5.41) is 20.2. The fourth-order valence-electron chi connectivity index (χ4n) is 3.17. The number of fused-ring (bicyclic) bond motifs is 1. The molecule has 0 bridgehead atoms. The van der Waals surface area contributed by atoms with Crippen LogP contribution in [-0.4, -0.2) is 54.4 Å². The fraction of sp³-hybridized carbons (Fsp3) is 0.533. The van der Waals surface area contributed by atoms with Gasteiger partial charge in [0.15, 0.2) is 17.4 Å². The number of halogens is 1. The molecule has 9 nitrogen and oxygen atoms in total. The number of hydrogen-bond acceptors (Lipinski definition) is 8. The van der Waals surface area contributed by atoms with Gasteiger partial charge in [-0.25, -0.2) is 9.37 Å². The SMILES string of the molecule is C=C[C@H]1[C@@](C)(O)[C@H](n2cnc3c(OCC)nc(N)nc32)O[C@]1(F)CO. The van der Waals surface area contributed by atoms with Crippen LogP contribution in [0.25, 0.3) is 11.2 Å². The highest BCUT2D eigenvalue weighted by Gasteiger charge is 2.61. The molecule has 2 aromatic heterocycles. The zero-order valence-electron chi connectivity index (χ0n) is 13.9. The van der Waals surface area contributed by atoms with Crippen LogP contribution in [0, 0.1) is 5.92 Å². The van der Waals surface area contributed by atoms with Gasteiger partial charge in [-0.2, -0.15) is 9.97 Å². The van der Waals surface area contributed by atoms with Crippen LogP contribution < -0.4 is 10.5 Å². The summed E-state index contributed by atoms with van der Waals surface area (Å²) in [5.74, 6) is -3.55. The molecule has 10 heteroatoms. The molecular weight excluding hydrogens is 333 g/mol. The van der Waals surface area contributed by atoms with Crippen LogP contribution in [0.4, 0.5) is 10.3 Å². The molecule has 1 aliphatic rings. The lowest BCUT2D eigenvalue weighted by Crippen LogP contribution is -2.42. The molecule has 4 atom stereocenters. The number of rotatable bonds is 5. The number of ether oxygens (including phenoxy) is 2. The van der Waals surface area contributed by atoms with E-state index in [1.807, 2.05) is 0 Å². The van der Waals surface area contributed by atoms with Crippen molar-refractivity contribution in [2.45, 2.75) is 31.5 Å². The van der Waals surface area contributed by atoms with E-state index >= 15 is 0 Å². The first-order valence-electron chi connectivity index (χ1n) is 7.73. The summed E-state index contributed by atoms with van der Waals surface area (Å²) in [6.07, 6.45) is 1.31. The van der Waals surface area contributed by atoms with E-state index < -0.39 is 30.2 Å². The Hall–Kier alpha value is -2.30. The Morgan fingerprint density at radius 2 is 2.28 bits per heavy atom. The number of aromatic nitrogens is 4. The number of alkyl halides is 1. The van der Waals surface area contributed by atoms with Crippen molar-refractivity contribution in [1.82, 2.24) is 19.5 Å². The molecule has 1 aliphatic heterocycles. The fourth-order valence-corrected chi connectivity index (χ4v) is 3.17. The van der Waals surface area contributed by atoms with Crippen LogP contribution in [0.5, 0.6) is 5.88 Å². The molecule has 2 aromatic rings. The minimum Gasteiger partial charge on any atom is -0.476 e. The molecule has 4 N–H and O–H groups in total. The first kappa shape index (κ1) is 17.5. The van der Waals surface area contributed by atoms with E-state index in [2.05, 4.69) is 21.5 Å². The summed E-state index contributed by atoms with van der Waals surface area (Å²) in [7, 11) is 0. The Labute approximate surface area is 142 Å². The van der Waals surface area contributed by atoms with Gasteiger partial charge in [-0.15, -0.1) is 6.58 Å². The Balaban J connectivity index is 2.15. The van der Waals surface area contributed by atoms with E-state index in [4.69, 9.17) is 15.2 Å². The van der Waals surface area contributed by atoms with Gasteiger partial charge in [-0.05, 0) is 13.8 Å². The van der Waals surface area contributed by atoms with Crippen molar-refractivity contribution in [3.05, 3.63) is 19.0 Å². The first-order valence-corrected chi connectivity index (χ1v) is 7.73. The monoisotopic (exact) mass is 353 g/mol. The highest BCUT2D eigenvalue weighted by atomic mass is 19.2. The molecule has 0 radical (unpaired) electrons. The van der Waals surface area contributed by atoms with Gasteiger partial charge < -0.3 is 25.4 Å². The molecule has 0 aromatic carbocycles. The van der Waals surface area contributed by atoms with Crippen LogP contribution in [0.15, 0.2) is 19.0 Å². The average molecular weight is 353 g/mol. The highest BCUT2D eigenvalue weighted by molar-refractivity contribution is 5.77. The number of aliphatic hydroxyl groups excluding tert-OH is 1. The van der Waals surface area contributed by atoms with Gasteiger partial charge in [-0.3, -0.25) is 4.57 Å².